The van der Waals surface area contributed by atoms with Crippen molar-refractivity contribution in [2.75, 3.05) is 0 Å². The minimum atomic E-state index is 0.0983. The van der Waals surface area contributed by atoms with Crippen LogP contribution in [0.5, 0.6) is 0 Å². The van der Waals surface area contributed by atoms with E-state index in [9.17, 15) is 4.79 Å². The molecule has 1 aliphatic rings. The molecule has 2 unspecified atom stereocenters. The summed E-state index contributed by atoms with van der Waals surface area (Å²) in [6.45, 7) is 10.5. The second kappa shape index (κ2) is 4.99. The number of carbonyl (C=O) groups is 1. The Kier molecular flexibility index (Phi) is 4.12. The van der Waals surface area contributed by atoms with Gasteiger partial charge in [0.05, 0.1) is 0 Å². The summed E-state index contributed by atoms with van der Waals surface area (Å²) < 4.78 is 0. The number of carbonyl (C=O) groups excluding carboxylic acids is 1. The average Bonchev–Trinajstić information content (AvgIpc) is 2.16. The molecule has 0 saturated heterocycles. The Labute approximate surface area is 99.6 Å². The van der Waals surface area contributed by atoms with Crippen LogP contribution in [0.1, 0.15) is 53.9 Å². The van der Waals surface area contributed by atoms with Crippen molar-refractivity contribution in [2.45, 2.75) is 53.9 Å². The minimum Gasteiger partial charge on any atom is -0.294 e. The van der Waals surface area contributed by atoms with E-state index in [1.165, 1.54) is 5.57 Å². The van der Waals surface area contributed by atoms with E-state index in [4.69, 9.17) is 0 Å². The van der Waals surface area contributed by atoms with Crippen LogP contribution in [-0.4, -0.2) is 5.78 Å². The SMILES string of the molecule is CCC1(C)CCC=C(C)C1C(=O)C=C(C)C. The van der Waals surface area contributed by atoms with Crippen LogP contribution in [0, 0.1) is 11.3 Å². The molecule has 0 aromatic heterocycles. The van der Waals surface area contributed by atoms with Crippen LogP contribution >= 0.6 is 0 Å². The number of rotatable bonds is 3. The third kappa shape index (κ3) is 2.63. The molecule has 1 nitrogen and oxygen atoms in total. The standard InChI is InChI=1S/C15H24O/c1-6-15(5)9-7-8-12(4)14(15)13(16)10-11(2)3/h8,10,14H,6-7,9H2,1-5H3. The smallest absolute Gasteiger partial charge is 0.163 e. The summed E-state index contributed by atoms with van der Waals surface area (Å²) in [4.78, 5) is 12.3. The molecule has 0 heterocycles. The molecule has 0 radical (unpaired) electrons. The summed E-state index contributed by atoms with van der Waals surface area (Å²) in [5, 5.41) is 0. The fraction of sp³-hybridized carbons (Fsp3) is 0.667. The Morgan fingerprint density at radius 2 is 2.19 bits per heavy atom. The number of hydrogen-bond acceptors (Lipinski definition) is 1. The van der Waals surface area contributed by atoms with Crippen molar-refractivity contribution >= 4 is 5.78 Å². The zero-order valence-corrected chi connectivity index (χ0v) is 11.3. The first-order valence-corrected chi connectivity index (χ1v) is 6.26. The molecular formula is C15H24O. The van der Waals surface area contributed by atoms with Crippen molar-refractivity contribution in [3.8, 4) is 0 Å². The Hall–Kier alpha value is -0.850. The maximum absolute atomic E-state index is 12.3. The lowest BCUT2D eigenvalue weighted by molar-refractivity contribution is -0.121. The van der Waals surface area contributed by atoms with Gasteiger partial charge >= 0.3 is 0 Å². The lowest BCUT2D eigenvalue weighted by atomic mass is 9.64. The zero-order chi connectivity index (χ0) is 12.3. The van der Waals surface area contributed by atoms with E-state index in [0.29, 0.717) is 0 Å². The monoisotopic (exact) mass is 220 g/mol. The fourth-order valence-corrected chi connectivity index (χ4v) is 2.76. The molecule has 0 aromatic carbocycles. The van der Waals surface area contributed by atoms with Crippen LogP contribution < -0.4 is 0 Å². The lowest BCUT2D eigenvalue weighted by Crippen LogP contribution is -2.35. The molecule has 0 fully saturated rings. The van der Waals surface area contributed by atoms with E-state index in [2.05, 4.69) is 26.8 Å². The van der Waals surface area contributed by atoms with Gasteiger partial charge in [-0.05, 0) is 51.5 Å². The van der Waals surface area contributed by atoms with Crippen molar-refractivity contribution in [1.29, 1.82) is 0 Å². The van der Waals surface area contributed by atoms with E-state index >= 15 is 0 Å². The minimum absolute atomic E-state index is 0.0983. The summed E-state index contributed by atoms with van der Waals surface area (Å²) >= 11 is 0. The third-order valence-corrected chi connectivity index (χ3v) is 3.86. The molecule has 0 aliphatic heterocycles. The first-order valence-electron chi connectivity index (χ1n) is 6.26. The van der Waals surface area contributed by atoms with Gasteiger partial charge in [-0.15, -0.1) is 0 Å². The Balaban J connectivity index is 3.05. The summed E-state index contributed by atoms with van der Waals surface area (Å²) in [6, 6.07) is 0. The highest BCUT2D eigenvalue weighted by atomic mass is 16.1. The highest BCUT2D eigenvalue weighted by molar-refractivity contribution is 5.94. The maximum atomic E-state index is 12.3. The molecule has 0 aromatic rings. The molecule has 0 amide bonds. The zero-order valence-electron chi connectivity index (χ0n) is 11.3. The van der Waals surface area contributed by atoms with Gasteiger partial charge in [0.2, 0.25) is 0 Å². The van der Waals surface area contributed by atoms with E-state index in [1.807, 2.05) is 13.8 Å². The van der Waals surface area contributed by atoms with E-state index in [-0.39, 0.29) is 17.1 Å². The van der Waals surface area contributed by atoms with Gasteiger partial charge in [0.15, 0.2) is 5.78 Å². The average molecular weight is 220 g/mol. The van der Waals surface area contributed by atoms with Gasteiger partial charge in [-0.1, -0.05) is 31.1 Å². The molecule has 1 heteroatoms. The van der Waals surface area contributed by atoms with Crippen LogP contribution in [0.25, 0.3) is 0 Å². The molecule has 0 spiro atoms. The van der Waals surface area contributed by atoms with Crippen LogP contribution in [0.3, 0.4) is 0 Å². The molecule has 0 saturated carbocycles. The van der Waals surface area contributed by atoms with Crippen LogP contribution in [0.2, 0.25) is 0 Å². The Bertz CT molecular complexity index is 331. The number of ketones is 1. The predicted molar refractivity (Wildman–Crippen MR) is 69.3 cm³/mol. The maximum Gasteiger partial charge on any atom is 0.163 e. The second-order valence-electron chi connectivity index (χ2n) is 5.55. The molecular weight excluding hydrogens is 196 g/mol. The molecule has 2 atom stereocenters. The van der Waals surface area contributed by atoms with Gasteiger partial charge in [0, 0.05) is 5.92 Å². The normalized spacial score (nSPS) is 29.6. The van der Waals surface area contributed by atoms with Gasteiger partial charge in [-0.2, -0.15) is 0 Å². The number of allylic oxidation sites excluding steroid dienone is 4. The lowest BCUT2D eigenvalue weighted by Gasteiger charge is -2.39. The molecule has 16 heavy (non-hydrogen) atoms. The predicted octanol–water partition coefficient (Wildman–Crippen LogP) is 4.29. The van der Waals surface area contributed by atoms with Crippen LogP contribution in [0.4, 0.5) is 0 Å². The van der Waals surface area contributed by atoms with E-state index in [0.717, 1.165) is 24.8 Å². The summed E-state index contributed by atoms with van der Waals surface area (Å²) in [5.74, 6) is 0.388. The second-order valence-corrected chi connectivity index (χ2v) is 5.55. The Morgan fingerprint density at radius 3 is 2.69 bits per heavy atom. The molecule has 0 bridgehead atoms. The highest BCUT2D eigenvalue weighted by Gasteiger charge is 2.39. The third-order valence-electron chi connectivity index (χ3n) is 3.86. The van der Waals surface area contributed by atoms with Crippen molar-refractivity contribution in [1.82, 2.24) is 0 Å². The summed E-state index contributed by atoms with van der Waals surface area (Å²) in [7, 11) is 0. The van der Waals surface area contributed by atoms with Crippen molar-refractivity contribution in [3.63, 3.8) is 0 Å². The first-order chi connectivity index (χ1) is 7.40. The quantitative estimate of drug-likeness (QED) is 0.512. The van der Waals surface area contributed by atoms with Gasteiger partial charge in [-0.25, -0.2) is 0 Å². The van der Waals surface area contributed by atoms with Gasteiger partial charge in [-0.3, -0.25) is 4.79 Å². The molecule has 1 aliphatic carbocycles. The largest absolute Gasteiger partial charge is 0.294 e. The summed E-state index contributed by atoms with van der Waals surface area (Å²) in [6.07, 6.45) is 7.37. The van der Waals surface area contributed by atoms with Gasteiger partial charge in [0.25, 0.3) is 0 Å². The fourth-order valence-electron chi connectivity index (χ4n) is 2.76. The van der Waals surface area contributed by atoms with Crippen LogP contribution in [0.15, 0.2) is 23.3 Å². The number of hydrogen-bond donors (Lipinski definition) is 0. The molecule has 1 rings (SSSR count). The molecule has 90 valence electrons. The van der Waals surface area contributed by atoms with Crippen molar-refractivity contribution in [3.05, 3.63) is 23.3 Å². The molecule has 0 N–H and O–H groups in total. The van der Waals surface area contributed by atoms with E-state index in [1.54, 1.807) is 6.08 Å². The summed E-state index contributed by atoms with van der Waals surface area (Å²) in [5.41, 5.74) is 2.52. The van der Waals surface area contributed by atoms with E-state index < -0.39 is 0 Å². The topological polar surface area (TPSA) is 17.1 Å². The van der Waals surface area contributed by atoms with Gasteiger partial charge < -0.3 is 0 Å². The van der Waals surface area contributed by atoms with Gasteiger partial charge in [0.1, 0.15) is 0 Å². The first kappa shape index (κ1) is 13.2. The Morgan fingerprint density at radius 1 is 1.56 bits per heavy atom. The van der Waals surface area contributed by atoms with Crippen molar-refractivity contribution < 1.29 is 4.79 Å². The highest BCUT2D eigenvalue weighted by Crippen LogP contribution is 2.44. The van der Waals surface area contributed by atoms with Crippen molar-refractivity contribution in [2.24, 2.45) is 11.3 Å². The van der Waals surface area contributed by atoms with Crippen LogP contribution in [-0.2, 0) is 4.79 Å².